The molecule has 2 aromatic carbocycles. The lowest BCUT2D eigenvalue weighted by Crippen LogP contribution is -2.06. The van der Waals surface area contributed by atoms with E-state index in [1.807, 2.05) is 0 Å². The molecule has 2 aromatic rings. The maximum absolute atomic E-state index is 9.29. The van der Waals surface area contributed by atoms with Crippen LogP contribution in [0.5, 0.6) is 0 Å². The summed E-state index contributed by atoms with van der Waals surface area (Å²) in [5, 5.41) is 18.6. The van der Waals surface area contributed by atoms with Crippen molar-refractivity contribution in [1.29, 1.82) is 0 Å². The largest absolute Gasteiger partial charge is 0.396 e. The third kappa shape index (κ3) is 3.40. The van der Waals surface area contributed by atoms with Gasteiger partial charge in [-0.05, 0) is 71.9 Å². The highest BCUT2D eigenvalue weighted by Crippen LogP contribution is 2.22. The molecule has 0 amide bonds. The van der Waals surface area contributed by atoms with E-state index in [1.165, 1.54) is 33.4 Å². The molecule has 0 fully saturated rings. The van der Waals surface area contributed by atoms with Gasteiger partial charge >= 0.3 is 0 Å². The zero-order chi connectivity index (χ0) is 15.4. The topological polar surface area (TPSA) is 40.5 Å². The second-order valence-electron chi connectivity index (χ2n) is 6.15. The van der Waals surface area contributed by atoms with Crippen LogP contribution in [0.2, 0.25) is 0 Å². The minimum absolute atomic E-state index is 0.213. The maximum atomic E-state index is 9.29. The summed E-state index contributed by atoms with van der Waals surface area (Å²) in [6, 6.07) is 13.5. The van der Waals surface area contributed by atoms with E-state index >= 15 is 0 Å². The number of aliphatic hydroxyl groups is 2. The van der Waals surface area contributed by atoms with Crippen molar-refractivity contribution in [2.75, 3.05) is 13.2 Å². The van der Waals surface area contributed by atoms with E-state index in [1.54, 1.807) is 0 Å². The molecule has 0 spiro atoms. The Morgan fingerprint density at radius 1 is 0.636 bits per heavy atom. The summed E-state index contributed by atoms with van der Waals surface area (Å²) in [5.74, 6) is 0. The Kier molecular flexibility index (Phi) is 4.91. The Hall–Kier alpha value is -1.64. The Labute approximate surface area is 132 Å². The first-order valence-electron chi connectivity index (χ1n) is 8.23. The van der Waals surface area contributed by atoms with Gasteiger partial charge in [-0.1, -0.05) is 36.4 Å². The predicted octanol–water partition coefficient (Wildman–Crippen LogP) is 2.64. The van der Waals surface area contributed by atoms with Gasteiger partial charge in [0, 0.05) is 13.2 Å². The third-order valence-electron chi connectivity index (χ3n) is 4.67. The van der Waals surface area contributed by atoms with E-state index in [9.17, 15) is 10.2 Å². The van der Waals surface area contributed by atoms with Gasteiger partial charge in [-0.3, -0.25) is 0 Å². The van der Waals surface area contributed by atoms with Crippen LogP contribution in [0.3, 0.4) is 0 Å². The molecule has 0 saturated carbocycles. The molecule has 2 N–H and O–H groups in total. The van der Waals surface area contributed by atoms with Gasteiger partial charge in [0.25, 0.3) is 0 Å². The average Bonchev–Trinajstić information content (AvgIpc) is 2.52. The molecule has 6 rings (SSSR count). The summed E-state index contributed by atoms with van der Waals surface area (Å²) in [5.41, 5.74) is 7.98. The van der Waals surface area contributed by atoms with Crippen LogP contribution in [-0.2, 0) is 38.5 Å². The number of rotatable bonds is 4. The molecular formula is C20H24O2. The van der Waals surface area contributed by atoms with Crippen molar-refractivity contribution < 1.29 is 10.2 Å². The van der Waals surface area contributed by atoms with Crippen molar-refractivity contribution in [3.63, 3.8) is 0 Å². The molecule has 22 heavy (non-hydrogen) atoms. The quantitative estimate of drug-likeness (QED) is 0.910. The van der Waals surface area contributed by atoms with Crippen molar-refractivity contribution in [1.82, 2.24) is 0 Å². The first-order valence-corrected chi connectivity index (χ1v) is 8.23. The first-order chi connectivity index (χ1) is 10.8. The number of hydrogen-bond donors (Lipinski definition) is 2. The molecule has 116 valence electrons. The zero-order valence-corrected chi connectivity index (χ0v) is 13.0. The van der Waals surface area contributed by atoms with Gasteiger partial charge in [0.2, 0.25) is 0 Å². The number of hydrogen-bond acceptors (Lipinski definition) is 2. The molecule has 4 aliphatic carbocycles. The lowest BCUT2D eigenvalue weighted by molar-refractivity contribution is 0.299. The molecule has 0 radical (unpaired) electrons. The number of benzene rings is 2. The molecule has 0 atom stereocenters. The van der Waals surface area contributed by atoms with Crippen molar-refractivity contribution in [3.05, 3.63) is 69.8 Å². The Bertz CT molecular complexity index is 589. The molecule has 0 saturated heterocycles. The van der Waals surface area contributed by atoms with Gasteiger partial charge in [-0.2, -0.15) is 0 Å². The fourth-order valence-corrected chi connectivity index (χ4v) is 3.42. The highest BCUT2D eigenvalue weighted by atomic mass is 16.3. The monoisotopic (exact) mass is 296 g/mol. The summed E-state index contributed by atoms with van der Waals surface area (Å²) in [6.45, 7) is 0.426. The van der Waals surface area contributed by atoms with Crippen LogP contribution in [0.4, 0.5) is 0 Å². The van der Waals surface area contributed by atoms with E-state index < -0.39 is 0 Å². The molecular weight excluding hydrogens is 272 g/mol. The zero-order valence-electron chi connectivity index (χ0n) is 13.0. The minimum atomic E-state index is 0.213. The second-order valence-corrected chi connectivity index (χ2v) is 6.15. The molecule has 0 heterocycles. The second kappa shape index (κ2) is 7.08. The van der Waals surface area contributed by atoms with E-state index in [0.29, 0.717) is 0 Å². The van der Waals surface area contributed by atoms with E-state index in [4.69, 9.17) is 0 Å². The van der Waals surface area contributed by atoms with Crippen LogP contribution in [0.1, 0.15) is 33.4 Å². The van der Waals surface area contributed by atoms with Crippen molar-refractivity contribution in [2.45, 2.75) is 38.5 Å². The predicted molar refractivity (Wildman–Crippen MR) is 89.3 cm³/mol. The van der Waals surface area contributed by atoms with Crippen molar-refractivity contribution >= 4 is 0 Å². The van der Waals surface area contributed by atoms with E-state index in [2.05, 4.69) is 36.4 Å². The Morgan fingerprint density at radius 2 is 1.09 bits per heavy atom. The van der Waals surface area contributed by atoms with E-state index in [-0.39, 0.29) is 13.2 Å². The van der Waals surface area contributed by atoms with Crippen LogP contribution >= 0.6 is 0 Å². The Morgan fingerprint density at radius 3 is 1.50 bits per heavy atom. The van der Waals surface area contributed by atoms with Gasteiger partial charge in [-0.15, -0.1) is 0 Å². The van der Waals surface area contributed by atoms with Crippen LogP contribution in [0.25, 0.3) is 0 Å². The highest BCUT2D eigenvalue weighted by Gasteiger charge is 2.10. The summed E-state index contributed by atoms with van der Waals surface area (Å²) < 4.78 is 0. The summed E-state index contributed by atoms with van der Waals surface area (Å²) in [6.07, 6.45) is 5.53. The molecule has 2 nitrogen and oxygen atoms in total. The molecule has 4 aliphatic rings. The van der Waals surface area contributed by atoms with Gasteiger partial charge in [0.15, 0.2) is 0 Å². The summed E-state index contributed by atoms with van der Waals surface area (Å²) in [7, 11) is 0. The molecule has 0 aromatic heterocycles. The van der Waals surface area contributed by atoms with E-state index in [0.717, 1.165) is 38.5 Å². The third-order valence-corrected chi connectivity index (χ3v) is 4.67. The molecule has 0 aliphatic heterocycles. The van der Waals surface area contributed by atoms with Crippen LogP contribution < -0.4 is 0 Å². The van der Waals surface area contributed by atoms with Crippen LogP contribution in [-0.4, -0.2) is 23.4 Å². The Balaban J connectivity index is 1.95. The van der Waals surface area contributed by atoms with Gasteiger partial charge in [-0.25, -0.2) is 0 Å². The first kappa shape index (κ1) is 15.3. The lowest BCUT2D eigenvalue weighted by Gasteiger charge is -2.16. The summed E-state index contributed by atoms with van der Waals surface area (Å²) >= 11 is 0. The molecule has 2 heteroatoms. The van der Waals surface area contributed by atoms with Gasteiger partial charge < -0.3 is 10.2 Å². The van der Waals surface area contributed by atoms with Crippen molar-refractivity contribution in [3.8, 4) is 0 Å². The molecule has 0 unspecified atom stereocenters. The summed E-state index contributed by atoms with van der Waals surface area (Å²) in [4.78, 5) is 0. The fourth-order valence-electron chi connectivity index (χ4n) is 3.42. The van der Waals surface area contributed by atoms with Crippen LogP contribution in [0.15, 0.2) is 36.4 Å². The standard InChI is InChI=1S/C20H24O2/c21-11-9-19-13-15-1-5-17(19)8-4-16-2-6-18(7-3-15)20(14-16)10-12-22/h1-2,5-6,13-14,21-22H,3-4,7-12H2. The average molecular weight is 296 g/mol. The fraction of sp³-hybridized carbons (Fsp3) is 0.400. The smallest absolute Gasteiger partial charge is 0.0471 e. The number of aryl methyl sites for hydroxylation is 4. The minimum Gasteiger partial charge on any atom is -0.396 e. The van der Waals surface area contributed by atoms with Crippen LogP contribution in [0, 0.1) is 0 Å². The van der Waals surface area contributed by atoms with Gasteiger partial charge in [0.1, 0.15) is 0 Å². The number of aliphatic hydroxyl groups excluding tert-OH is 2. The SMILES string of the molecule is OCCc1cc2ccc1CCc1ccc(c(CCO)c1)CC2. The maximum Gasteiger partial charge on any atom is 0.0471 e. The van der Waals surface area contributed by atoms with Crippen molar-refractivity contribution in [2.24, 2.45) is 0 Å². The highest BCUT2D eigenvalue weighted by molar-refractivity contribution is 5.38. The molecule has 4 bridgehead atoms. The normalized spacial score (nSPS) is 13.9. The lowest BCUT2D eigenvalue weighted by atomic mass is 9.90. The van der Waals surface area contributed by atoms with Gasteiger partial charge in [0.05, 0.1) is 0 Å².